The number of nitrogens with one attached hydrogen (secondary N) is 3. The molecule has 5 aliphatic rings. The zero-order chi connectivity index (χ0) is 32.1. The first-order valence-electron chi connectivity index (χ1n) is 18.5. The Morgan fingerprint density at radius 2 is 1.62 bits per heavy atom. The van der Waals surface area contributed by atoms with Crippen molar-refractivity contribution < 1.29 is 19.1 Å². The Morgan fingerprint density at radius 1 is 0.933 bits per heavy atom. The van der Waals surface area contributed by atoms with Gasteiger partial charge in [-0.15, -0.1) is 0 Å². The van der Waals surface area contributed by atoms with Gasteiger partial charge in [-0.25, -0.2) is 0 Å². The molecule has 0 radical (unpaired) electrons. The van der Waals surface area contributed by atoms with Crippen LogP contribution in [0.4, 0.5) is 0 Å². The molecule has 5 fully saturated rings. The zero-order valence-corrected chi connectivity index (χ0v) is 28.9. The number of carbonyl (C=O) groups is 3. The molecule has 7 unspecified atom stereocenters. The van der Waals surface area contributed by atoms with E-state index in [2.05, 4.69) is 53.6 Å². The van der Waals surface area contributed by atoms with E-state index >= 15 is 0 Å². The molecule has 2 heterocycles. The van der Waals surface area contributed by atoms with E-state index in [4.69, 9.17) is 4.74 Å². The van der Waals surface area contributed by atoms with Gasteiger partial charge >= 0.3 is 0 Å². The predicted octanol–water partition coefficient (Wildman–Crippen LogP) is 3.81. The third-order valence-electron chi connectivity index (χ3n) is 12.7. The molecule has 9 nitrogen and oxygen atoms in total. The van der Waals surface area contributed by atoms with E-state index in [0.717, 1.165) is 70.7 Å². The van der Waals surface area contributed by atoms with Crippen LogP contribution >= 0.6 is 0 Å². The van der Waals surface area contributed by atoms with E-state index in [1.807, 2.05) is 0 Å². The van der Waals surface area contributed by atoms with Gasteiger partial charge in [-0.1, -0.05) is 13.8 Å². The summed E-state index contributed by atoms with van der Waals surface area (Å²) in [6.07, 6.45) is 12.5. The number of amides is 3. The molecule has 0 aromatic carbocycles. The average molecular weight is 630 g/mol. The van der Waals surface area contributed by atoms with Gasteiger partial charge in [-0.05, 0) is 114 Å². The minimum Gasteiger partial charge on any atom is -0.379 e. The number of nitrogens with zero attached hydrogens (tertiary/aromatic N) is 2. The molecule has 3 amide bonds. The van der Waals surface area contributed by atoms with Crippen LogP contribution in [0, 0.1) is 41.4 Å². The van der Waals surface area contributed by atoms with Gasteiger partial charge in [-0.3, -0.25) is 19.3 Å². The number of morpholine rings is 1. The minimum atomic E-state index is -0.154. The van der Waals surface area contributed by atoms with Crippen molar-refractivity contribution in [2.75, 3.05) is 46.4 Å². The molecule has 3 N–H and O–H groups in total. The van der Waals surface area contributed by atoms with Gasteiger partial charge in [0.15, 0.2) is 0 Å². The molecule has 0 spiro atoms. The predicted molar refractivity (Wildman–Crippen MR) is 177 cm³/mol. The second-order valence-electron chi connectivity index (χ2n) is 15.8. The monoisotopic (exact) mass is 629 g/mol. The highest BCUT2D eigenvalue weighted by Gasteiger charge is 2.45. The molecule has 2 aliphatic heterocycles. The number of ether oxygens (including phenoxy) is 1. The first kappa shape index (κ1) is 34.6. The number of hydrogen-bond acceptors (Lipinski definition) is 6. The van der Waals surface area contributed by atoms with E-state index in [1.165, 1.54) is 38.6 Å². The van der Waals surface area contributed by atoms with E-state index in [0.29, 0.717) is 30.5 Å². The Balaban J connectivity index is 1.23. The van der Waals surface area contributed by atoms with Crippen LogP contribution < -0.4 is 16.0 Å². The second-order valence-corrected chi connectivity index (χ2v) is 15.8. The Hall–Kier alpha value is -1.71. The Bertz CT molecular complexity index is 988. The van der Waals surface area contributed by atoms with Gasteiger partial charge in [0.25, 0.3) is 0 Å². The van der Waals surface area contributed by atoms with Crippen molar-refractivity contribution in [1.29, 1.82) is 0 Å². The molecule has 5 rings (SSSR count). The summed E-state index contributed by atoms with van der Waals surface area (Å²) >= 11 is 0. The molecule has 45 heavy (non-hydrogen) atoms. The second kappa shape index (κ2) is 15.9. The normalized spacial score (nSPS) is 40.0. The topological polar surface area (TPSA) is 103 Å². The largest absolute Gasteiger partial charge is 0.379 e. The summed E-state index contributed by atoms with van der Waals surface area (Å²) in [5.74, 6) is 2.67. The molecule has 0 aromatic rings. The number of rotatable bonds is 9. The SMILES string of the molecule is CC(=O)NC1CCC(N(C)C2CC(C3CCC(CN4CCOCC4)CC3)CC(C(=O)NCC3C(=O)NC(C)CC3C)C2C)CC1. The zero-order valence-electron chi connectivity index (χ0n) is 28.9. The summed E-state index contributed by atoms with van der Waals surface area (Å²) in [4.78, 5) is 43.6. The molecular formula is C36H63N5O4. The Kier molecular flexibility index (Phi) is 12.3. The van der Waals surface area contributed by atoms with Crippen LogP contribution in [0.2, 0.25) is 0 Å². The standard InChI is InChI=1S/C36H63N5O4/c1-23-18-24(2)38-36(44)33(23)21-37-35(43)32-19-29(28-8-6-27(7-9-28)22-41-14-16-45-17-15-41)20-34(25(32)3)40(5)31-12-10-30(11-13-31)39-26(4)42/h23-25,27-34H,6-22H2,1-5H3,(H,37,43)(H,38,44)(H,39,42). The van der Waals surface area contributed by atoms with Crippen LogP contribution in [-0.4, -0.2) is 98.1 Å². The van der Waals surface area contributed by atoms with Crippen molar-refractivity contribution in [3.05, 3.63) is 0 Å². The quantitative estimate of drug-likeness (QED) is 0.359. The summed E-state index contributed by atoms with van der Waals surface area (Å²) in [5.41, 5.74) is 0. The van der Waals surface area contributed by atoms with Crippen LogP contribution in [0.5, 0.6) is 0 Å². The van der Waals surface area contributed by atoms with Gasteiger partial charge in [-0.2, -0.15) is 0 Å². The van der Waals surface area contributed by atoms with Gasteiger partial charge in [0.2, 0.25) is 17.7 Å². The maximum Gasteiger partial charge on any atom is 0.225 e. The molecule has 2 saturated heterocycles. The van der Waals surface area contributed by atoms with Crippen molar-refractivity contribution in [3.63, 3.8) is 0 Å². The highest BCUT2D eigenvalue weighted by atomic mass is 16.5. The van der Waals surface area contributed by atoms with E-state index in [-0.39, 0.29) is 53.5 Å². The molecule has 3 aliphatic carbocycles. The van der Waals surface area contributed by atoms with E-state index in [1.54, 1.807) is 6.92 Å². The van der Waals surface area contributed by atoms with Crippen molar-refractivity contribution in [2.45, 2.75) is 122 Å². The lowest BCUT2D eigenvalue weighted by Crippen LogP contribution is -2.55. The smallest absolute Gasteiger partial charge is 0.225 e. The van der Waals surface area contributed by atoms with Crippen molar-refractivity contribution in [1.82, 2.24) is 25.8 Å². The van der Waals surface area contributed by atoms with Crippen LogP contribution in [0.25, 0.3) is 0 Å². The summed E-state index contributed by atoms with van der Waals surface area (Å²) in [7, 11) is 2.30. The fourth-order valence-electron chi connectivity index (χ4n) is 9.90. The van der Waals surface area contributed by atoms with Crippen LogP contribution in [0.3, 0.4) is 0 Å². The van der Waals surface area contributed by atoms with Crippen molar-refractivity contribution >= 4 is 17.7 Å². The highest BCUT2D eigenvalue weighted by Crippen LogP contribution is 2.46. The minimum absolute atomic E-state index is 0.0288. The van der Waals surface area contributed by atoms with E-state index < -0.39 is 0 Å². The maximum absolute atomic E-state index is 14.0. The first-order chi connectivity index (χ1) is 21.6. The Labute approximate surface area is 272 Å². The summed E-state index contributed by atoms with van der Waals surface area (Å²) in [5, 5.41) is 9.52. The van der Waals surface area contributed by atoms with E-state index in [9.17, 15) is 14.4 Å². The molecule has 0 bridgehead atoms. The van der Waals surface area contributed by atoms with Crippen LogP contribution in [0.1, 0.15) is 98.3 Å². The third kappa shape index (κ3) is 9.01. The van der Waals surface area contributed by atoms with Crippen molar-refractivity contribution in [3.8, 4) is 0 Å². The molecule has 0 aromatic heterocycles. The molecular weight excluding hydrogens is 566 g/mol. The van der Waals surface area contributed by atoms with Gasteiger partial charge < -0.3 is 25.6 Å². The maximum atomic E-state index is 14.0. The van der Waals surface area contributed by atoms with Gasteiger partial charge in [0.05, 0.1) is 19.1 Å². The summed E-state index contributed by atoms with van der Waals surface area (Å²) in [6, 6.07) is 1.35. The van der Waals surface area contributed by atoms with Crippen LogP contribution in [0.15, 0.2) is 0 Å². The van der Waals surface area contributed by atoms with Crippen LogP contribution in [-0.2, 0) is 19.1 Å². The fraction of sp³-hybridized carbons (Fsp3) is 0.917. The summed E-state index contributed by atoms with van der Waals surface area (Å²) in [6.45, 7) is 13.6. The van der Waals surface area contributed by atoms with Gasteiger partial charge in [0.1, 0.15) is 0 Å². The molecule has 256 valence electrons. The fourth-order valence-corrected chi connectivity index (χ4v) is 9.90. The lowest BCUT2D eigenvalue weighted by Gasteiger charge is -2.50. The molecule has 3 saturated carbocycles. The van der Waals surface area contributed by atoms with Gasteiger partial charge in [0, 0.05) is 63.2 Å². The number of piperidine rings is 1. The lowest BCUT2D eigenvalue weighted by molar-refractivity contribution is -0.133. The summed E-state index contributed by atoms with van der Waals surface area (Å²) < 4.78 is 5.57. The number of carbonyl (C=O) groups excluding carboxylic acids is 3. The third-order valence-corrected chi connectivity index (χ3v) is 12.7. The highest BCUT2D eigenvalue weighted by molar-refractivity contribution is 5.83. The Morgan fingerprint density at radius 3 is 2.27 bits per heavy atom. The number of hydrogen-bond donors (Lipinski definition) is 3. The average Bonchev–Trinajstić information content (AvgIpc) is 3.01. The first-order valence-corrected chi connectivity index (χ1v) is 18.5. The molecule has 9 heteroatoms. The lowest BCUT2D eigenvalue weighted by atomic mass is 9.63. The molecule has 7 atom stereocenters. The van der Waals surface area contributed by atoms with Crippen molar-refractivity contribution in [2.24, 2.45) is 41.4 Å².